The summed E-state index contributed by atoms with van der Waals surface area (Å²) in [6, 6.07) is 0. The van der Waals surface area contributed by atoms with Crippen LogP contribution in [0.3, 0.4) is 0 Å². The van der Waals surface area contributed by atoms with Crippen LogP contribution in [-0.2, 0) is 0 Å². The molecule has 1 rings (SSSR count). The van der Waals surface area contributed by atoms with Crippen molar-refractivity contribution >= 4 is 0 Å². The smallest absolute Gasteiger partial charge is 0.100 e. The average molecular weight is 449 g/mol. The first-order valence-corrected chi connectivity index (χ1v) is 15.0. The third-order valence-electron chi connectivity index (χ3n) is 7.37. The van der Waals surface area contributed by atoms with Crippen LogP contribution in [0.5, 0.6) is 0 Å². The minimum Gasteiger partial charge on any atom is -0.356 e. The summed E-state index contributed by atoms with van der Waals surface area (Å²) in [6.45, 7) is 9.46. The number of rotatable bonds is 24. The third kappa shape index (κ3) is 15.2. The van der Waals surface area contributed by atoms with Gasteiger partial charge in [0, 0.05) is 25.5 Å². The SMILES string of the molecule is CCCCCCCCCCCCCCCN1C=CN(CCCCCCCCCC)C1CC. The minimum atomic E-state index is 0.622. The van der Waals surface area contributed by atoms with Gasteiger partial charge in [0.2, 0.25) is 0 Å². The summed E-state index contributed by atoms with van der Waals surface area (Å²) >= 11 is 0. The van der Waals surface area contributed by atoms with Crippen molar-refractivity contribution in [2.45, 2.75) is 168 Å². The van der Waals surface area contributed by atoms with E-state index in [1.807, 2.05) is 0 Å². The number of hydrogen-bond donors (Lipinski definition) is 0. The maximum Gasteiger partial charge on any atom is 0.100 e. The first kappa shape index (κ1) is 29.4. The van der Waals surface area contributed by atoms with E-state index in [9.17, 15) is 0 Å². The maximum absolute atomic E-state index is 2.61. The zero-order chi connectivity index (χ0) is 23.1. The van der Waals surface area contributed by atoms with Crippen LogP contribution < -0.4 is 0 Å². The van der Waals surface area contributed by atoms with Gasteiger partial charge in [-0.25, -0.2) is 0 Å². The standard InChI is InChI=1S/C30H60N2/c1-4-7-9-11-13-15-16-17-18-19-21-23-25-27-32-29-28-31(30(32)6-3)26-24-22-20-14-12-10-8-5-2/h28-30H,4-27H2,1-3H3. The average Bonchev–Trinajstić information content (AvgIpc) is 3.20. The van der Waals surface area contributed by atoms with Gasteiger partial charge in [0.15, 0.2) is 0 Å². The number of hydrogen-bond acceptors (Lipinski definition) is 2. The van der Waals surface area contributed by atoms with Gasteiger partial charge in [-0.3, -0.25) is 0 Å². The second kappa shape index (κ2) is 22.1. The Morgan fingerprint density at radius 3 is 0.969 bits per heavy atom. The highest BCUT2D eigenvalue weighted by molar-refractivity contribution is 4.96. The molecule has 0 bridgehead atoms. The van der Waals surface area contributed by atoms with Crippen molar-refractivity contribution in [3.8, 4) is 0 Å². The van der Waals surface area contributed by atoms with Gasteiger partial charge in [0.25, 0.3) is 0 Å². The second-order valence-corrected chi connectivity index (χ2v) is 10.4. The summed E-state index contributed by atoms with van der Waals surface area (Å²) in [5.74, 6) is 0. The lowest BCUT2D eigenvalue weighted by Crippen LogP contribution is -2.38. The summed E-state index contributed by atoms with van der Waals surface area (Å²) in [6.07, 6.45) is 36.6. The molecule has 1 heterocycles. The van der Waals surface area contributed by atoms with E-state index >= 15 is 0 Å². The Labute approximate surface area is 203 Å². The summed E-state index contributed by atoms with van der Waals surface area (Å²) < 4.78 is 0. The Balaban J connectivity index is 1.94. The highest BCUT2D eigenvalue weighted by Crippen LogP contribution is 2.21. The van der Waals surface area contributed by atoms with Crippen LogP contribution in [0.15, 0.2) is 12.4 Å². The van der Waals surface area contributed by atoms with Gasteiger partial charge in [-0.2, -0.15) is 0 Å². The van der Waals surface area contributed by atoms with Gasteiger partial charge in [-0.15, -0.1) is 0 Å². The first-order chi connectivity index (χ1) is 15.8. The highest BCUT2D eigenvalue weighted by atomic mass is 15.4. The third-order valence-corrected chi connectivity index (χ3v) is 7.37. The predicted molar refractivity (Wildman–Crippen MR) is 145 cm³/mol. The predicted octanol–water partition coefficient (Wildman–Crippen LogP) is 10.0. The molecule has 32 heavy (non-hydrogen) atoms. The summed E-state index contributed by atoms with van der Waals surface area (Å²) in [5.41, 5.74) is 0. The van der Waals surface area contributed by atoms with E-state index < -0.39 is 0 Å². The van der Waals surface area contributed by atoms with Gasteiger partial charge in [0.05, 0.1) is 0 Å². The quantitative estimate of drug-likeness (QED) is 0.135. The fraction of sp³-hybridized carbons (Fsp3) is 0.933. The molecular weight excluding hydrogens is 388 g/mol. The number of unbranched alkanes of at least 4 members (excludes halogenated alkanes) is 19. The van der Waals surface area contributed by atoms with Crippen molar-refractivity contribution in [1.82, 2.24) is 9.80 Å². The molecule has 0 saturated heterocycles. The second-order valence-electron chi connectivity index (χ2n) is 10.4. The van der Waals surface area contributed by atoms with Gasteiger partial charge >= 0.3 is 0 Å². The van der Waals surface area contributed by atoms with E-state index in [2.05, 4.69) is 43.0 Å². The zero-order valence-corrected chi connectivity index (χ0v) is 22.6. The van der Waals surface area contributed by atoms with Crippen molar-refractivity contribution < 1.29 is 0 Å². The Morgan fingerprint density at radius 2 is 0.688 bits per heavy atom. The molecule has 0 amide bonds. The highest BCUT2D eigenvalue weighted by Gasteiger charge is 2.23. The molecule has 0 saturated carbocycles. The Hall–Kier alpha value is -0.660. The van der Waals surface area contributed by atoms with Crippen molar-refractivity contribution in [2.24, 2.45) is 0 Å². The van der Waals surface area contributed by atoms with E-state index in [-0.39, 0.29) is 0 Å². The van der Waals surface area contributed by atoms with Crippen LogP contribution in [0.25, 0.3) is 0 Å². The van der Waals surface area contributed by atoms with E-state index in [1.54, 1.807) is 0 Å². The summed E-state index contributed by atoms with van der Waals surface area (Å²) in [5, 5.41) is 0. The van der Waals surface area contributed by atoms with Crippen molar-refractivity contribution in [3.05, 3.63) is 12.4 Å². The van der Waals surface area contributed by atoms with Crippen LogP contribution in [0.1, 0.15) is 162 Å². The molecule has 1 aliphatic heterocycles. The van der Waals surface area contributed by atoms with Gasteiger partial charge in [-0.1, -0.05) is 143 Å². The van der Waals surface area contributed by atoms with E-state index in [0.717, 1.165) is 0 Å². The van der Waals surface area contributed by atoms with Gasteiger partial charge < -0.3 is 9.80 Å². The fourth-order valence-electron chi connectivity index (χ4n) is 5.22. The zero-order valence-electron chi connectivity index (χ0n) is 22.6. The first-order valence-electron chi connectivity index (χ1n) is 15.0. The van der Waals surface area contributed by atoms with E-state index in [0.29, 0.717) is 6.17 Å². The Kier molecular flexibility index (Phi) is 20.3. The molecule has 2 nitrogen and oxygen atoms in total. The molecule has 1 aliphatic rings. The maximum atomic E-state index is 2.61. The molecule has 190 valence electrons. The van der Waals surface area contributed by atoms with Crippen molar-refractivity contribution in [3.63, 3.8) is 0 Å². The normalized spacial score (nSPS) is 15.9. The molecule has 2 heteroatoms. The lowest BCUT2D eigenvalue weighted by atomic mass is 10.0. The lowest BCUT2D eigenvalue weighted by molar-refractivity contribution is 0.144. The summed E-state index contributed by atoms with van der Waals surface area (Å²) in [4.78, 5) is 5.22. The molecule has 0 fully saturated rings. The number of nitrogens with zero attached hydrogens (tertiary/aromatic N) is 2. The van der Waals surface area contributed by atoms with E-state index in [1.165, 1.54) is 154 Å². The van der Waals surface area contributed by atoms with Crippen LogP contribution in [0.4, 0.5) is 0 Å². The van der Waals surface area contributed by atoms with Crippen LogP contribution in [-0.4, -0.2) is 29.1 Å². The van der Waals surface area contributed by atoms with Crippen LogP contribution >= 0.6 is 0 Å². The van der Waals surface area contributed by atoms with Crippen molar-refractivity contribution in [2.75, 3.05) is 13.1 Å². The molecule has 0 aliphatic carbocycles. The van der Waals surface area contributed by atoms with Crippen LogP contribution in [0.2, 0.25) is 0 Å². The Morgan fingerprint density at radius 1 is 0.406 bits per heavy atom. The largest absolute Gasteiger partial charge is 0.356 e. The van der Waals surface area contributed by atoms with Crippen LogP contribution in [0, 0.1) is 0 Å². The van der Waals surface area contributed by atoms with Gasteiger partial charge in [-0.05, 0) is 19.3 Å². The van der Waals surface area contributed by atoms with Crippen molar-refractivity contribution in [1.29, 1.82) is 0 Å². The molecule has 1 unspecified atom stereocenters. The molecule has 0 spiro atoms. The molecule has 0 radical (unpaired) electrons. The molecule has 0 N–H and O–H groups in total. The topological polar surface area (TPSA) is 6.48 Å². The molecule has 0 aromatic heterocycles. The molecule has 0 aromatic carbocycles. The van der Waals surface area contributed by atoms with E-state index in [4.69, 9.17) is 0 Å². The summed E-state index contributed by atoms with van der Waals surface area (Å²) in [7, 11) is 0. The lowest BCUT2D eigenvalue weighted by Gasteiger charge is -2.32. The molecule has 1 atom stereocenters. The van der Waals surface area contributed by atoms with Gasteiger partial charge in [0.1, 0.15) is 6.17 Å². The Bertz CT molecular complexity index is 406. The molecular formula is C30H60N2. The fourth-order valence-corrected chi connectivity index (χ4v) is 5.22. The monoisotopic (exact) mass is 448 g/mol. The minimum absolute atomic E-state index is 0.622. The molecule has 0 aromatic rings.